The first-order chi connectivity index (χ1) is 8.36. The second kappa shape index (κ2) is 9.20. The molecule has 0 aromatic heterocycles. The van der Waals surface area contributed by atoms with E-state index in [1.807, 2.05) is 0 Å². The molecule has 0 N–H and O–H groups in total. The van der Waals surface area contributed by atoms with E-state index in [1.54, 1.807) is 0 Å². The lowest BCUT2D eigenvalue weighted by atomic mass is 10.1. The van der Waals surface area contributed by atoms with Gasteiger partial charge < -0.3 is 0 Å². The molecule has 0 spiro atoms. The van der Waals surface area contributed by atoms with E-state index in [-0.39, 0.29) is 0 Å². The van der Waals surface area contributed by atoms with Gasteiger partial charge in [0.15, 0.2) is 0 Å². The van der Waals surface area contributed by atoms with E-state index in [1.165, 1.54) is 5.56 Å². The molecule has 0 unspecified atom stereocenters. The molecule has 0 aliphatic rings. The Morgan fingerprint density at radius 2 is 1.65 bits per heavy atom. The van der Waals surface area contributed by atoms with Gasteiger partial charge in [0.05, 0.1) is 6.61 Å². The van der Waals surface area contributed by atoms with Gasteiger partial charge in [-0.3, -0.25) is 4.84 Å². The summed E-state index contributed by atoms with van der Waals surface area (Å²) >= 11 is 0. The van der Waals surface area contributed by atoms with Crippen molar-refractivity contribution in [2.75, 3.05) is 19.7 Å². The van der Waals surface area contributed by atoms with Gasteiger partial charge in [-0.15, -0.1) is 0 Å². The lowest BCUT2D eigenvalue weighted by Gasteiger charge is -2.20. The van der Waals surface area contributed by atoms with Crippen LogP contribution in [0.5, 0.6) is 0 Å². The smallest absolute Gasteiger partial charge is 0.0688 e. The summed E-state index contributed by atoms with van der Waals surface area (Å²) in [5, 5.41) is 2.10. The molecule has 0 saturated heterocycles. The van der Waals surface area contributed by atoms with Crippen molar-refractivity contribution in [3.8, 4) is 0 Å². The van der Waals surface area contributed by atoms with Crippen LogP contribution < -0.4 is 0 Å². The van der Waals surface area contributed by atoms with E-state index < -0.39 is 0 Å². The first-order valence-electron chi connectivity index (χ1n) is 6.78. The summed E-state index contributed by atoms with van der Waals surface area (Å²) in [6.07, 6.45) is 4.50. The molecule has 2 heteroatoms. The Morgan fingerprint density at radius 3 is 2.24 bits per heavy atom. The molecule has 0 aliphatic carbocycles. The largest absolute Gasteiger partial charge is 0.299 e. The van der Waals surface area contributed by atoms with Crippen LogP contribution in [0.4, 0.5) is 0 Å². The van der Waals surface area contributed by atoms with E-state index in [9.17, 15) is 0 Å². The Hall–Kier alpha value is -0.860. The number of aryl methyl sites for hydroxylation is 1. The highest BCUT2D eigenvalue weighted by molar-refractivity contribution is 5.14. The maximum Gasteiger partial charge on any atom is 0.0688 e. The molecule has 96 valence electrons. The Kier molecular flexibility index (Phi) is 7.69. The van der Waals surface area contributed by atoms with E-state index in [4.69, 9.17) is 4.84 Å². The van der Waals surface area contributed by atoms with E-state index >= 15 is 0 Å². The molecule has 1 aromatic carbocycles. The zero-order chi connectivity index (χ0) is 12.3. The lowest BCUT2D eigenvalue weighted by Crippen LogP contribution is -2.26. The van der Waals surface area contributed by atoms with Crippen LogP contribution >= 0.6 is 0 Å². The first kappa shape index (κ1) is 14.2. The normalized spacial score (nSPS) is 11.0. The van der Waals surface area contributed by atoms with Crippen molar-refractivity contribution < 1.29 is 4.84 Å². The predicted octanol–water partition coefficient (Wildman–Crippen LogP) is 3.67. The third kappa shape index (κ3) is 6.44. The second-order valence-electron chi connectivity index (χ2n) is 4.35. The van der Waals surface area contributed by atoms with Crippen molar-refractivity contribution in [3.05, 3.63) is 35.9 Å². The molecular weight excluding hydrogens is 210 g/mol. The molecule has 2 nitrogen and oxygen atoms in total. The summed E-state index contributed by atoms with van der Waals surface area (Å²) in [7, 11) is 0. The van der Waals surface area contributed by atoms with Crippen LogP contribution in [0.3, 0.4) is 0 Å². The fourth-order valence-electron chi connectivity index (χ4n) is 1.85. The van der Waals surface area contributed by atoms with Gasteiger partial charge in [0, 0.05) is 13.1 Å². The molecule has 0 aliphatic heterocycles. The number of benzene rings is 1. The van der Waals surface area contributed by atoms with Crippen LogP contribution in [-0.2, 0) is 11.3 Å². The van der Waals surface area contributed by atoms with Gasteiger partial charge in [-0.05, 0) is 31.2 Å². The number of hydrogen-bond donors (Lipinski definition) is 0. The number of rotatable bonds is 9. The van der Waals surface area contributed by atoms with Gasteiger partial charge >= 0.3 is 0 Å². The highest BCUT2D eigenvalue weighted by atomic mass is 16.7. The van der Waals surface area contributed by atoms with Crippen molar-refractivity contribution in [1.82, 2.24) is 5.06 Å². The summed E-state index contributed by atoms with van der Waals surface area (Å²) < 4.78 is 0. The number of hydroxylamine groups is 2. The summed E-state index contributed by atoms with van der Waals surface area (Å²) in [6, 6.07) is 10.6. The summed E-state index contributed by atoms with van der Waals surface area (Å²) in [4.78, 5) is 5.78. The molecule has 17 heavy (non-hydrogen) atoms. The highest BCUT2D eigenvalue weighted by Crippen LogP contribution is 2.03. The van der Waals surface area contributed by atoms with E-state index in [0.717, 1.165) is 45.4 Å². The van der Waals surface area contributed by atoms with Crippen LogP contribution in [0.15, 0.2) is 30.3 Å². The standard InChI is InChI=1S/C15H25NO/c1-3-12-16(13-4-2)17-14-8-11-15-9-6-5-7-10-15/h5-7,9-10H,3-4,8,11-14H2,1-2H3. The summed E-state index contributed by atoms with van der Waals surface area (Å²) in [6.45, 7) is 7.29. The average Bonchev–Trinajstić information content (AvgIpc) is 2.36. The Labute approximate surface area is 106 Å². The Balaban J connectivity index is 2.13. The van der Waals surface area contributed by atoms with Crippen LogP contribution in [-0.4, -0.2) is 24.8 Å². The number of nitrogens with zero attached hydrogens (tertiary/aromatic N) is 1. The fraction of sp³-hybridized carbons (Fsp3) is 0.600. The van der Waals surface area contributed by atoms with Crippen molar-refractivity contribution in [2.24, 2.45) is 0 Å². The van der Waals surface area contributed by atoms with Crippen molar-refractivity contribution >= 4 is 0 Å². The predicted molar refractivity (Wildman–Crippen MR) is 72.9 cm³/mol. The number of hydrogen-bond acceptors (Lipinski definition) is 2. The lowest BCUT2D eigenvalue weighted by molar-refractivity contribution is -0.159. The van der Waals surface area contributed by atoms with Gasteiger partial charge in [-0.2, -0.15) is 5.06 Å². The average molecular weight is 235 g/mol. The minimum absolute atomic E-state index is 0.828. The van der Waals surface area contributed by atoms with E-state index in [2.05, 4.69) is 49.2 Å². The van der Waals surface area contributed by atoms with Gasteiger partial charge in [0.1, 0.15) is 0 Å². The molecule has 0 bridgehead atoms. The van der Waals surface area contributed by atoms with Crippen LogP contribution in [0, 0.1) is 0 Å². The Morgan fingerprint density at radius 1 is 1.00 bits per heavy atom. The zero-order valence-electron chi connectivity index (χ0n) is 11.2. The Bertz CT molecular complexity index is 268. The molecule has 1 rings (SSSR count). The topological polar surface area (TPSA) is 12.5 Å². The van der Waals surface area contributed by atoms with Gasteiger partial charge in [-0.1, -0.05) is 44.2 Å². The van der Waals surface area contributed by atoms with Crippen molar-refractivity contribution in [1.29, 1.82) is 0 Å². The van der Waals surface area contributed by atoms with Crippen molar-refractivity contribution in [2.45, 2.75) is 39.5 Å². The summed E-state index contributed by atoms with van der Waals surface area (Å²) in [5.74, 6) is 0. The summed E-state index contributed by atoms with van der Waals surface area (Å²) in [5.41, 5.74) is 1.40. The zero-order valence-corrected chi connectivity index (χ0v) is 11.2. The minimum Gasteiger partial charge on any atom is -0.299 e. The van der Waals surface area contributed by atoms with Crippen molar-refractivity contribution in [3.63, 3.8) is 0 Å². The third-order valence-electron chi connectivity index (χ3n) is 2.67. The second-order valence-corrected chi connectivity index (χ2v) is 4.35. The van der Waals surface area contributed by atoms with Crippen LogP contribution in [0.2, 0.25) is 0 Å². The van der Waals surface area contributed by atoms with Gasteiger partial charge in [-0.25, -0.2) is 0 Å². The molecule has 0 fully saturated rings. The maximum absolute atomic E-state index is 5.78. The maximum atomic E-state index is 5.78. The molecule has 0 atom stereocenters. The fourth-order valence-corrected chi connectivity index (χ4v) is 1.85. The molecule has 1 aromatic rings. The molecule has 0 amide bonds. The third-order valence-corrected chi connectivity index (χ3v) is 2.67. The van der Waals surface area contributed by atoms with E-state index in [0.29, 0.717) is 0 Å². The monoisotopic (exact) mass is 235 g/mol. The quantitative estimate of drug-likeness (QED) is 0.478. The SMILES string of the molecule is CCCN(CCC)OCCCc1ccccc1. The molecular formula is C15H25NO. The van der Waals surface area contributed by atoms with Gasteiger partial charge in [0.2, 0.25) is 0 Å². The molecule has 0 saturated carbocycles. The molecule has 0 radical (unpaired) electrons. The van der Waals surface area contributed by atoms with Crippen LogP contribution in [0.1, 0.15) is 38.7 Å². The molecule has 0 heterocycles. The minimum atomic E-state index is 0.828. The first-order valence-corrected chi connectivity index (χ1v) is 6.78. The highest BCUT2D eigenvalue weighted by Gasteiger charge is 2.02. The van der Waals surface area contributed by atoms with Gasteiger partial charge in [0.25, 0.3) is 0 Å². The van der Waals surface area contributed by atoms with Crippen LogP contribution in [0.25, 0.3) is 0 Å².